The molecular formula is C12H21N. The Labute approximate surface area is 82.4 Å². The molecule has 0 aromatic heterocycles. The summed E-state index contributed by atoms with van der Waals surface area (Å²) in [6, 6.07) is 0. The van der Waals surface area contributed by atoms with Gasteiger partial charge in [0.25, 0.3) is 0 Å². The van der Waals surface area contributed by atoms with Gasteiger partial charge in [0, 0.05) is 6.54 Å². The maximum absolute atomic E-state index is 3.87. The van der Waals surface area contributed by atoms with E-state index >= 15 is 0 Å². The van der Waals surface area contributed by atoms with E-state index in [1.807, 2.05) is 6.08 Å². The summed E-state index contributed by atoms with van der Waals surface area (Å²) in [7, 11) is 4.17. The molecule has 74 valence electrons. The van der Waals surface area contributed by atoms with Gasteiger partial charge in [0.1, 0.15) is 0 Å². The predicted octanol–water partition coefficient (Wildman–Crippen LogP) is 3.02. The lowest BCUT2D eigenvalue weighted by Crippen LogP contribution is -2.13. The second kappa shape index (κ2) is 6.67. The van der Waals surface area contributed by atoms with Gasteiger partial charge < -0.3 is 4.90 Å². The Bertz CT molecular complexity index is 199. The molecule has 0 aliphatic heterocycles. The van der Waals surface area contributed by atoms with Gasteiger partial charge in [-0.2, -0.15) is 0 Å². The summed E-state index contributed by atoms with van der Waals surface area (Å²) in [6.07, 6.45) is 6.20. The standard InChI is InChI=1S/C12H21N/c1-6-11(2)8-7-9-12(3)10-13(4)5/h6,9H,1-2,7-8,10H2,3-5H3/b12-9+. The van der Waals surface area contributed by atoms with Gasteiger partial charge in [-0.15, -0.1) is 0 Å². The summed E-state index contributed by atoms with van der Waals surface area (Å²) in [4.78, 5) is 2.17. The molecule has 0 atom stereocenters. The third-order valence-corrected chi connectivity index (χ3v) is 1.81. The van der Waals surface area contributed by atoms with Crippen LogP contribution in [0, 0.1) is 0 Å². The van der Waals surface area contributed by atoms with Crippen molar-refractivity contribution in [2.75, 3.05) is 20.6 Å². The molecule has 0 aliphatic rings. The molecule has 0 heterocycles. The first kappa shape index (κ1) is 12.2. The van der Waals surface area contributed by atoms with Gasteiger partial charge in [0.15, 0.2) is 0 Å². The second-order valence-corrected chi connectivity index (χ2v) is 3.69. The van der Waals surface area contributed by atoms with Crippen molar-refractivity contribution in [2.45, 2.75) is 19.8 Å². The molecule has 0 aromatic carbocycles. The quantitative estimate of drug-likeness (QED) is 0.447. The largest absolute Gasteiger partial charge is 0.305 e. The van der Waals surface area contributed by atoms with Gasteiger partial charge in [0.2, 0.25) is 0 Å². The summed E-state index contributed by atoms with van der Waals surface area (Å²) < 4.78 is 0. The van der Waals surface area contributed by atoms with Crippen LogP contribution in [0.5, 0.6) is 0 Å². The van der Waals surface area contributed by atoms with Gasteiger partial charge in [0.05, 0.1) is 0 Å². The minimum Gasteiger partial charge on any atom is -0.305 e. The van der Waals surface area contributed by atoms with Crippen LogP contribution >= 0.6 is 0 Å². The van der Waals surface area contributed by atoms with Crippen molar-refractivity contribution in [1.82, 2.24) is 4.90 Å². The van der Waals surface area contributed by atoms with Crippen molar-refractivity contribution in [2.24, 2.45) is 0 Å². The van der Waals surface area contributed by atoms with Crippen molar-refractivity contribution in [3.63, 3.8) is 0 Å². The molecule has 0 aromatic rings. The fraction of sp³-hybridized carbons (Fsp3) is 0.500. The van der Waals surface area contributed by atoms with Gasteiger partial charge >= 0.3 is 0 Å². The fourth-order valence-corrected chi connectivity index (χ4v) is 1.17. The molecule has 0 saturated heterocycles. The first-order chi connectivity index (χ1) is 6.06. The Kier molecular flexibility index (Phi) is 6.25. The van der Waals surface area contributed by atoms with Crippen LogP contribution in [0.15, 0.2) is 36.5 Å². The van der Waals surface area contributed by atoms with Gasteiger partial charge in [-0.1, -0.05) is 36.5 Å². The fourth-order valence-electron chi connectivity index (χ4n) is 1.17. The third-order valence-electron chi connectivity index (χ3n) is 1.81. The molecule has 1 heteroatoms. The average molecular weight is 179 g/mol. The summed E-state index contributed by atoms with van der Waals surface area (Å²) in [5.74, 6) is 0. The molecule has 0 fully saturated rings. The molecule has 0 amide bonds. The minimum atomic E-state index is 1.02. The molecule has 0 saturated carbocycles. The maximum Gasteiger partial charge on any atom is 0.0183 e. The number of allylic oxidation sites excluding steroid dienone is 3. The summed E-state index contributed by atoms with van der Waals surface area (Å²) in [5.41, 5.74) is 2.54. The molecule has 0 bridgehead atoms. The molecule has 1 nitrogen and oxygen atoms in total. The Balaban J connectivity index is 3.70. The van der Waals surface area contributed by atoms with Crippen molar-refractivity contribution < 1.29 is 0 Å². The smallest absolute Gasteiger partial charge is 0.0183 e. The number of likely N-dealkylation sites (N-methyl/N-ethyl adjacent to an activating group) is 1. The van der Waals surface area contributed by atoms with Gasteiger partial charge in [-0.25, -0.2) is 0 Å². The minimum absolute atomic E-state index is 1.02. The number of rotatable bonds is 6. The van der Waals surface area contributed by atoms with E-state index in [0.717, 1.165) is 25.0 Å². The predicted molar refractivity (Wildman–Crippen MR) is 60.9 cm³/mol. The van der Waals surface area contributed by atoms with Crippen LogP contribution in [-0.4, -0.2) is 25.5 Å². The first-order valence-electron chi connectivity index (χ1n) is 4.67. The zero-order valence-corrected chi connectivity index (χ0v) is 9.14. The summed E-state index contributed by atoms with van der Waals surface area (Å²) >= 11 is 0. The van der Waals surface area contributed by atoms with E-state index in [1.165, 1.54) is 5.57 Å². The van der Waals surface area contributed by atoms with E-state index in [9.17, 15) is 0 Å². The highest BCUT2D eigenvalue weighted by molar-refractivity contribution is 5.12. The lowest BCUT2D eigenvalue weighted by atomic mass is 10.1. The van der Waals surface area contributed by atoms with E-state index in [4.69, 9.17) is 0 Å². The molecule has 0 rings (SSSR count). The Morgan fingerprint density at radius 2 is 2.00 bits per heavy atom. The number of nitrogens with zero attached hydrogens (tertiary/aromatic N) is 1. The Morgan fingerprint density at radius 3 is 2.46 bits per heavy atom. The van der Waals surface area contributed by atoms with Crippen LogP contribution < -0.4 is 0 Å². The van der Waals surface area contributed by atoms with Gasteiger partial charge in [-0.05, 0) is 33.9 Å². The van der Waals surface area contributed by atoms with E-state index in [2.05, 4.69) is 45.2 Å². The first-order valence-corrected chi connectivity index (χ1v) is 4.67. The summed E-state index contributed by atoms with van der Waals surface area (Å²) in [5, 5.41) is 0. The zero-order chi connectivity index (χ0) is 10.3. The Morgan fingerprint density at radius 1 is 1.38 bits per heavy atom. The molecule has 0 N–H and O–H groups in total. The van der Waals surface area contributed by atoms with Crippen LogP contribution in [0.4, 0.5) is 0 Å². The van der Waals surface area contributed by atoms with E-state index < -0.39 is 0 Å². The monoisotopic (exact) mass is 179 g/mol. The molecule has 0 radical (unpaired) electrons. The zero-order valence-electron chi connectivity index (χ0n) is 9.14. The number of hydrogen-bond acceptors (Lipinski definition) is 1. The molecular weight excluding hydrogens is 158 g/mol. The van der Waals surface area contributed by atoms with Crippen LogP contribution in [0.1, 0.15) is 19.8 Å². The van der Waals surface area contributed by atoms with E-state index in [0.29, 0.717) is 0 Å². The molecule has 13 heavy (non-hydrogen) atoms. The molecule has 0 aliphatic carbocycles. The normalized spacial score (nSPS) is 11.8. The van der Waals surface area contributed by atoms with Crippen molar-refractivity contribution in [3.8, 4) is 0 Å². The van der Waals surface area contributed by atoms with Crippen molar-refractivity contribution in [1.29, 1.82) is 0 Å². The van der Waals surface area contributed by atoms with E-state index in [1.54, 1.807) is 0 Å². The highest BCUT2D eigenvalue weighted by Gasteiger charge is 1.92. The average Bonchev–Trinajstić information content (AvgIpc) is 2.02. The lowest BCUT2D eigenvalue weighted by Gasteiger charge is -2.09. The summed E-state index contributed by atoms with van der Waals surface area (Å²) in [6.45, 7) is 10.8. The topological polar surface area (TPSA) is 3.24 Å². The van der Waals surface area contributed by atoms with Crippen LogP contribution in [0.2, 0.25) is 0 Å². The van der Waals surface area contributed by atoms with Crippen molar-refractivity contribution in [3.05, 3.63) is 36.5 Å². The third kappa shape index (κ3) is 7.54. The van der Waals surface area contributed by atoms with Crippen LogP contribution in [-0.2, 0) is 0 Å². The Hall–Kier alpha value is -0.820. The van der Waals surface area contributed by atoms with Crippen molar-refractivity contribution >= 4 is 0 Å². The van der Waals surface area contributed by atoms with Crippen LogP contribution in [0.3, 0.4) is 0 Å². The van der Waals surface area contributed by atoms with Crippen LogP contribution in [0.25, 0.3) is 0 Å². The molecule has 0 unspecified atom stereocenters. The highest BCUT2D eigenvalue weighted by atomic mass is 15.0. The van der Waals surface area contributed by atoms with E-state index in [-0.39, 0.29) is 0 Å². The second-order valence-electron chi connectivity index (χ2n) is 3.69. The van der Waals surface area contributed by atoms with Gasteiger partial charge in [-0.3, -0.25) is 0 Å². The lowest BCUT2D eigenvalue weighted by molar-refractivity contribution is 0.444. The molecule has 0 spiro atoms. The number of hydrogen-bond donors (Lipinski definition) is 0. The maximum atomic E-state index is 3.87. The highest BCUT2D eigenvalue weighted by Crippen LogP contribution is 2.06. The SMILES string of the molecule is C=CC(=C)CC/C=C(\C)CN(C)C.